The minimum atomic E-state index is -2.14. The van der Waals surface area contributed by atoms with Crippen LogP contribution in [0.5, 0.6) is 69.0 Å². The summed E-state index contributed by atoms with van der Waals surface area (Å²) < 4.78 is 18.5. The molecule has 8 atom stereocenters. The molecule has 7 aromatic rings. The van der Waals surface area contributed by atoms with Crippen LogP contribution in [0.25, 0.3) is 0 Å². The van der Waals surface area contributed by atoms with Crippen molar-refractivity contribution in [2.24, 2.45) is 5.73 Å². The van der Waals surface area contributed by atoms with E-state index in [2.05, 4.69) is 47.4 Å². The molecule has 29 heteroatoms. The van der Waals surface area contributed by atoms with Gasteiger partial charge in [-0.15, -0.1) is 0 Å². The second-order valence-corrected chi connectivity index (χ2v) is 23.1. The lowest BCUT2D eigenvalue weighted by atomic mass is 9.97. The number of piperazine rings is 1. The van der Waals surface area contributed by atoms with Crippen LogP contribution in [0.15, 0.2) is 127 Å². The van der Waals surface area contributed by atoms with Crippen LogP contribution in [0.3, 0.4) is 0 Å². The standard InChI is InChI=1S/C64H60Cl2N10O17/c65-41-17-29-1-9-45(41)92-48-25-35-26-49(57(48)83)93-46-10-5-32(23-42(46)66)56(82)55(64(90)73-52(33-19-37(78)27-38(79)20-33)60(86)69-13-16-76-14-11-68-12-15-76)75-61(87)51(30-2-6-36(77)7-3-30)72-63(89)54(35)74-62(88)53-34-21-39(80)28-40(22-34)91-47-24-31(4-8-44(47)81)50(67)59(85)70-43(18-29)58(84)71-53/h1-10,17,19-28,43,50-56,68,77-83H,11-16,18,67H2,(H,69,86)(H,70,85)(H,71,84)(H,72,89)(H,73,90)(H,74,88)(H,75,87). The smallest absolute Gasteiger partial charge is 0.248 e. The molecule has 482 valence electrons. The number of aromatic hydroxyl groups is 6. The number of carbonyl (C=O) groups excluding carboxylic acids is 7. The summed E-state index contributed by atoms with van der Waals surface area (Å²) in [6, 6.07) is 12.3. The van der Waals surface area contributed by atoms with Gasteiger partial charge in [0.1, 0.15) is 88.6 Å². The summed E-state index contributed by atoms with van der Waals surface area (Å²) in [7, 11) is 0. The van der Waals surface area contributed by atoms with Gasteiger partial charge in [-0.05, 0) is 124 Å². The molecule has 93 heavy (non-hydrogen) atoms. The molecule has 6 aliphatic rings. The van der Waals surface area contributed by atoms with Crippen LogP contribution in [0.4, 0.5) is 0 Å². The summed E-state index contributed by atoms with van der Waals surface area (Å²) in [5.41, 5.74) is 6.03. The predicted octanol–water partition coefficient (Wildman–Crippen LogP) is 3.94. The maximum atomic E-state index is 15.7. The summed E-state index contributed by atoms with van der Waals surface area (Å²) in [5, 5.41) is 99.5. The van der Waals surface area contributed by atoms with Gasteiger partial charge in [0.25, 0.3) is 0 Å². The molecule has 6 aliphatic heterocycles. The van der Waals surface area contributed by atoms with Crippen molar-refractivity contribution in [2.45, 2.75) is 54.8 Å². The van der Waals surface area contributed by atoms with E-state index in [0.29, 0.717) is 38.3 Å². The van der Waals surface area contributed by atoms with Crippen molar-refractivity contribution >= 4 is 64.6 Å². The van der Waals surface area contributed by atoms with Gasteiger partial charge in [-0.2, -0.15) is 0 Å². The number of amides is 7. The Morgan fingerprint density at radius 1 is 0.559 bits per heavy atom. The topological polar surface area (TPSA) is 414 Å². The number of carbonyl (C=O) groups is 7. The van der Waals surface area contributed by atoms with Gasteiger partial charge >= 0.3 is 0 Å². The molecule has 1 saturated heterocycles. The number of nitrogens with two attached hydrogens (primary N) is 1. The maximum Gasteiger partial charge on any atom is 0.248 e. The lowest BCUT2D eigenvalue weighted by molar-refractivity contribution is -0.137. The molecule has 1 fully saturated rings. The SMILES string of the molecule is NC1C(=O)NC2Cc3ccc(c(Cl)c3)Oc3cc4cc(c3O)Oc3ccc(cc3Cl)C(O)C(C(=O)NC(C(=O)NCCN3CCNCC3)c3cc(O)cc(O)c3)NC(=O)C(c3ccc(O)cc3)NC(=O)C4NC(=O)C(NC2=O)c2cc(O)cc(c2)Oc2cc1ccc2O. The monoisotopic (exact) mass is 1310 g/mol. The van der Waals surface area contributed by atoms with Gasteiger partial charge in [0.05, 0.1) is 10.0 Å². The van der Waals surface area contributed by atoms with Gasteiger partial charge in [-0.3, -0.25) is 38.5 Å². The fraction of sp³-hybridized carbons (Fsp3) is 0.234. The molecule has 6 heterocycles. The van der Waals surface area contributed by atoms with Crippen molar-refractivity contribution < 1.29 is 83.5 Å². The van der Waals surface area contributed by atoms with Crippen molar-refractivity contribution in [1.82, 2.24) is 47.4 Å². The van der Waals surface area contributed by atoms with Gasteiger partial charge in [0.15, 0.2) is 23.0 Å². The summed E-state index contributed by atoms with van der Waals surface area (Å²) >= 11 is 13.8. The van der Waals surface area contributed by atoms with Gasteiger partial charge in [-0.1, -0.05) is 53.5 Å². The minimum absolute atomic E-state index is 0.0806. The zero-order chi connectivity index (χ0) is 65.9. The third kappa shape index (κ3) is 14.5. The number of fused-ring (bicyclic) bond motifs is 15. The van der Waals surface area contributed by atoms with Gasteiger partial charge < -0.3 is 98.2 Å². The quantitative estimate of drug-likeness (QED) is 0.102. The molecule has 7 amide bonds. The number of aliphatic hydroxyl groups excluding tert-OH is 1. The number of halogens is 2. The number of ether oxygens (including phenoxy) is 3. The van der Waals surface area contributed by atoms with Crippen LogP contribution >= 0.6 is 23.2 Å². The van der Waals surface area contributed by atoms with Crippen molar-refractivity contribution in [2.75, 3.05) is 39.3 Å². The fourth-order valence-corrected chi connectivity index (χ4v) is 11.5. The van der Waals surface area contributed by atoms with Crippen molar-refractivity contribution in [1.29, 1.82) is 0 Å². The van der Waals surface area contributed by atoms with Crippen LogP contribution in [0.2, 0.25) is 10.0 Å². The van der Waals surface area contributed by atoms with Crippen LogP contribution in [0, 0.1) is 0 Å². The second kappa shape index (κ2) is 27.1. The summed E-state index contributed by atoms with van der Waals surface area (Å²) in [6.07, 6.45) is -2.42. The zero-order valence-electron chi connectivity index (χ0n) is 48.7. The molecule has 0 radical (unpaired) electrons. The third-order valence-corrected chi connectivity index (χ3v) is 16.4. The Balaban J connectivity index is 1.04. The first kappa shape index (κ1) is 64.0. The molecule has 17 N–H and O–H groups in total. The Morgan fingerprint density at radius 2 is 1.13 bits per heavy atom. The van der Waals surface area contributed by atoms with E-state index in [1.54, 1.807) is 0 Å². The highest BCUT2D eigenvalue weighted by Gasteiger charge is 2.40. The van der Waals surface area contributed by atoms with E-state index in [0.717, 1.165) is 54.6 Å². The number of hydrogen-bond donors (Lipinski definition) is 16. The lowest BCUT2D eigenvalue weighted by Gasteiger charge is -2.30. The highest BCUT2D eigenvalue weighted by atomic mass is 35.5. The molecule has 8 unspecified atom stereocenters. The Kier molecular flexibility index (Phi) is 18.7. The average molecular weight is 1310 g/mol. The van der Waals surface area contributed by atoms with Gasteiger partial charge in [0, 0.05) is 57.8 Å². The number of nitrogens with zero attached hydrogens (tertiary/aromatic N) is 1. The van der Waals surface area contributed by atoms with Crippen LogP contribution in [0.1, 0.15) is 75.3 Å². The molecular formula is C64H60Cl2N10O17. The highest BCUT2D eigenvalue weighted by Crippen LogP contribution is 2.47. The van der Waals surface area contributed by atoms with E-state index in [1.165, 1.54) is 72.8 Å². The lowest BCUT2D eigenvalue weighted by Crippen LogP contribution is -2.56. The Morgan fingerprint density at radius 3 is 1.78 bits per heavy atom. The molecule has 7 aromatic carbocycles. The van der Waals surface area contributed by atoms with Crippen LogP contribution in [-0.4, -0.2) is 133 Å². The van der Waals surface area contributed by atoms with Gasteiger partial charge in [-0.25, -0.2) is 0 Å². The summed E-state index contributed by atoms with van der Waals surface area (Å²) in [6.45, 7) is 3.28. The number of aliphatic hydroxyl groups is 1. The number of rotatable bonds is 8. The molecule has 27 nitrogen and oxygen atoms in total. The number of nitrogens with one attached hydrogen (secondary N) is 8. The largest absolute Gasteiger partial charge is 0.508 e. The van der Waals surface area contributed by atoms with E-state index in [9.17, 15) is 50.1 Å². The van der Waals surface area contributed by atoms with Crippen LogP contribution in [-0.2, 0) is 40.0 Å². The van der Waals surface area contributed by atoms with E-state index in [-0.39, 0.29) is 85.1 Å². The molecule has 13 rings (SSSR count). The van der Waals surface area contributed by atoms with E-state index >= 15 is 19.2 Å². The third-order valence-electron chi connectivity index (χ3n) is 15.8. The number of phenols is 6. The molecule has 0 saturated carbocycles. The van der Waals surface area contributed by atoms with Crippen molar-refractivity contribution in [3.63, 3.8) is 0 Å². The van der Waals surface area contributed by atoms with Gasteiger partial charge in [0.2, 0.25) is 47.1 Å². The Labute approximate surface area is 538 Å². The van der Waals surface area contributed by atoms with Crippen molar-refractivity contribution in [3.05, 3.63) is 176 Å². The average Bonchev–Trinajstić information content (AvgIpc) is 0.897. The first-order chi connectivity index (χ1) is 44.5. The molecule has 0 aliphatic carbocycles. The number of benzene rings is 7. The normalized spacial score (nSPS) is 21.2. The number of phenolic OH excluding ortho intramolecular Hbond substituents is 6. The van der Waals surface area contributed by atoms with E-state index in [1.807, 2.05) is 0 Å². The molecular weight excluding hydrogens is 1250 g/mol. The minimum Gasteiger partial charge on any atom is -0.508 e. The summed E-state index contributed by atoms with van der Waals surface area (Å²) in [4.78, 5) is 107. The zero-order valence-corrected chi connectivity index (χ0v) is 50.2. The first-order valence-corrected chi connectivity index (χ1v) is 29.7. The number of hydrogen-bond acceptors (Lipinski definition) is 20. The molecule has 0 aromatic heterocycles. The second-order valence-electron chi connectivity index (χ2n) is 22.3. The van der Waals surface area contributed by atoms with E-state index < -0.39 is 130 Å². The maximum absolute atomic E-state index is 15.7. The van der Waals surface area contributed by atoms with E-state index in [4.69, 9.17) is 43.1 Å². The fourth-order valence-electron chi connectivity index (χ4n) is 11.0. The highest BCUT2D eigenvalue weighted by molar-refractivity contribution is 6.32. The van der Waals surface area contributed by atoms with Crippen molar-refractivity contribution in [3.8, 4) is 69.0 Å². The molecule has 13 bridgehead atoms. The Bertz CT molecular complexity index is 4100. The summed E-state index contributed by atoms with van der Waals surface area (Å²) in [5.74, 6) is -12.6. The first-order valence-electron chi connectivity index (χ1n) is 29.0. The Hall–Kier alpha value is -10.6. The van der Waals surface area contributed by atoms with Crippen LogP contribution < -0.4 is 62.5 Å². The molecule has 0 spiro atoms. The predicted molar refractivity (Wildman–Crippen MR) is 331 cm³/mol.